The second kappa shape index (κ2) is 11.0. The van der Waals surface area contributed by atoms with Crippen LogP contribution in [0.25, 0.3) is 16.8 Å². The Labute approximate surface area is 224 Å². The number of non-ortho nitro benzene ring substituents is 1. The SMILES string of the molecule is N#C/C(=C/c1ccc(OC(=O)c2cccc3ccccc23)c(Br)c1)C(=O)Nc1ccc([N+](=O)[O-])cc1Cl. The molecule has 0 aliphatic carbocycles. The van der Waals surface area contributed by atoms with Crippen molar-refractivity contribution >= 4 is 67.6 Å². The number of anilines is 1. The summed E-state index contributed by atoms with van der Waals surface area (Å²) in [6, 6.07) is 22.9. The maximum Gasteiger partial charge on any atom is 0.344 e. The average Bonchev–Trinajstić information content (AvgIpc) is 2.89. The number of nitrogens with zero attached hydrogens (tertiary/aromatic N) is 2. The van der Waals surface area contributed by atoms with Crippen molar-refractivity contribution in [2.45, 2.75) is 0 Å². The number of hydrogen-bond donors (Lipinski definition) is 1. The maximum atomic E-state index is 12.8. The minimum atomic E-state index is -0.749. The first-order chi connectivity index (χ1) is 17.8. The Morgan fingerprint density at radius 2 is 1.81 bits per heavy atom. The third kappa shape index (κ3) is 5.83. The zero-order valence-corrected chi connectivity index (χ0v) is 21.1. The number of hydrogen-bond acceptors (Lipinski definition) is 6. The van der Waals surface area contributed by atoms with Crippen LogP contribution in [0.1, 0.15) is 15.9 Å². The third-order valence-corrected chi connectivity index (χ3v) is 6.19. The zero-order chi connectivity index (χ0) is 26.5. The smallest absolute Gasteiger partial charge is 0.344 e. The van der Waals surface area contributed by atoms with Gasteiger partial charge in [0, 0.05) is 12.1 Å². The normalized spacial score (nSPS) is 11.0. The van der Waals surface area contributed by atoms with Gasteiger partial charge < -0.3 is 10.1 Å². The average molecular weight is 577 g/mol. The van der Waals surface area contributed by atoms with Gasteiger partial charge in [-0.2, -0.15) is 5.26 Å². The first kappa shape index (κ1) is 25.6. The summed E-state index contributed by atoms with van der Waals surface area (Å²) < 4.78 is 6.01. The van der Waals surface area contributed by atoms with Crippen LogP contribution >= 0.6 is 27.5 Å². The van der Waals surface area contributed by atoms with E-state index in [4.69, 9.17) is 16.3 Å². The Morgan fingerprint density at radius 3 is 2.51 bits per heavy atom. The number of benzene rings is 4. The highest BCUT2D eigenvalue weighted by Gasteiger charge is 2.16. The minimum Gasteiger partial charge on any atom is -0.422 e. The third-order valence-electron chi connectivity index (χ3n) is 5.26. The molecule has 37 heavy (non-hydrogen) atoms. The lowest BCUT2D eigenvalue weighted by atomic mass is 10.0. The molecule has 0 bridgehead atoms. The molecule has 0 heterocycles. The number of nitro groups is 1. The molecule has 0 unspecified atom stereocenters. The predicted molar refractivity (Wildman–Crippen MR) is 143 cm³/mol. The lowest BCUT2D eigenvalue weighted by Gasteiger charge is -2.10. The molecule has 0 aromatic heterocycles. The van der Waals surface area contributed by atoms with Crippen molar-refractivity contribution in [3.8, 4) is 11.8 Å². The molecule has 0 aliphatic rings. The summed E-state index contributed by atoms with van der Waals surface area (Å²) in [6.45, 7) is 0. The summed E-state index contributed by atoms with van der Waals surface area (Å²) >= 11 is 9.38. The van der Waals surface area contributed by atoms with E-state index in [1.165, 1.54) is 18.2 Å². The molecule has 0 atom stereocenters. The number of nitriles is 1. The van der Waals surface area contributed by atoms with Crippen LogP contribution < -0.4 is 10.1 Å². The quantitative estimate of drug-likeness (QED) is 0.0663. The standard InChI is InChI=1S/C27H15BrClN3O5/c28-22-13-16(12-18(15-30)26(33)31-24-10-9-19(32(35)36)14-23(24)29)8-11-25(22)37-27(34)21-7-3-5-17-4-1-2-6-20(17)21/h1-14H,(H,31,33)/b18-12-. The molecule has 10 heteroatoms. The van der Waals surface area contributed by atoms with Gasteiger partial charge in [0.1, 0.15) is 17.4 Å². The summed E-state index contributed by atoms with van der Waals surface area (Å²) in [7, 11) is 0. The van der Waals surface area contributed by atoms with E-state index in [-0.39, 0.29) is 27.7 Å². The number of esters is 1. The van der Waals surface area contributed by atoms with Crippen LogP contribution in [0.15, 0.2) is 88.9 Å². The van der Waals surface area contributed by atoms with Gasteiger partial charge in [-0.25, -0.2) is 4.79 Å². The topological polar surface area (TPSA) is 122 Å². The number of nitro benzene ring substituents is 1. The van der Waals surface area contributed by atoms with E-state index in [1.54, 1.807) is 30.3 Å². The molecule has 4 aromatic rings. The van der Waals surface area contributed by atoms with Gasteiger partial charge in [-0.1, -0.05) is 54.1 Å². The number of ether oxygens (including phenoxy) is 1. The summed E-state index contributed by atoms with van der Waals surface area (Å²) in [5, 5.41) is 24.5. The lowest BCUT2D eigenvalue weighted by molar-refractivity contribution is -0.384. The summed E-state index contributed by atoms with van der Waals surface area (Å²) in [6.07, 6.45) is 1.34. The Kier molecular flexibility index (Phi) is 7.63. The zero-order valence-electron chi connectivity index (χ0n) is 18.8. The minimum absolute atomic E-state index is 0.0417. The molecule has 1 N–H and O–H groups in total. The van der Waals surface area contributed by atoms with Gasteiger partial charge in [-0.15, -0.1) is 0 Å². The fraction of sp³-hybridized carbons (Fsp3) is 0. The Bertz CT molecular complexity index is 1640. The molecule has 4 aromatic carbocycles. The molecular weight excluding hydrogens is 562 g/mol. The monoisotopic (exact) mass is 575 g/mol. The number of carbonyl (C=O) groups is 2. The van der Waals surface area contributed by atoms with E-state index >= 15 is 0 Å². The molecule has 0 fully saturated rings. The van der Waals surface area contributed by atoms with Gasteiger partial charge in [-0.05, 0) is 62.6 Å². The second-order valence-electron chi connectivity index (χ2n) is 7.65. The second-order valence-corrected chi connectivity index (χ2v) is 8.91. The van der Waals surface area contributed by atoms with E-state index in [9.17, 15) is 25.0 Å². The molecule has 8 nitrogen and oxygen atoms in total. The molecule has 1 amide bonds. The summed E-state index contributed by atoms with van der Waals surface area (Å²) in [5.41, 5.74) is 0.558. The molecule has 0 spiro atoms. The van der Waals surface area contributed by atoms with Crippen molar-refractivity contribution in [1.29, 1.82) is 5.26 Å². The largest absolute Gasteiger partial charge is 0.422 e. The predicted octanol–water partition coefficient (Wildman–Crippen LogP) is 6.93. The molecule has 0 radical (unpaired) electrons. The fourth-order valence-electron chi connectivity index (χ4n) is 3.47. The number of halogens is 2. The van der Waals surface area contributed by atoms with Crippen molar-refractivity contribution in [1.82, 2.24) is 0 Å². The number of nitrogens with one attached hydrogen (secondary N) is 1. The number of carbonyl (C=O) groups excluding carboxylic acids is 2. The van der Waals surface area contributed by atoms with E-state index in [0.29, 0.717) is 15.6 Å². The van der Waals surface area contributed by atoms with Gasteiger partial charge in [0.25, 0.3) is 11.6 Å². The highest BCUT2D eigenvalue weighted by molar-refractivity contribution is 9.10. The van der Waals surface area contributed by atoms with Crippen LogP contribution in [0.4, 0.5) is 11.4 Å². The van der Waals surface area contributed by atoms with E-state index in [1.807, 2.05) is 36.4 Å². The highest BCUT2D eigenvalue weighted by Crippen LogP contribution is 2.30. The van der Waals surface area contributed by atoms with Gasteiger partial charge in [0.2, 0.25) is 0 Å². The summed E-state index contributed by atoms with van der Waals surface area (Å²) in [4.78, 5) is 35.7. The van der Waals surface area contributed by atoms with Crippen LogP contribution in [0, 0.1) is 21.4 Å². The van der Waals surface area contributed by atoms with Crippen LogP contribution in [0.3, 0.4) is 0 Å². The first-order valence-electron chi connectivity index (χ1n) is 10.6. The Morgan fingerprint density at radius 1 is 1.05 bits per heavy atom. The van der Waals surface area contributed by atoms with Crippen molar-refractivity contribution < 1.29 is 19.2 Å². The van der Waals surface area contributed by atoms with E-state index < -0.39 is 16.8 Å². The van der Waals surface area contributed by atoms with Crippen LogP contribution in [0.5, 0.6) is 5.75 Å². The van der Waals surface area contributed by atoms with Crippen LogP contribution in [0.2, 0.25) is 5.02 Å². The lowest BCUT2D eigenvalue weighted by Crippen LogP contribution is -2.13. The number of amides is 1. The molecule has 0 saturated heterocycles. The van der Waals surface area contributed by atoms with Crippen molar-refractivity contribution in [2.75, 3.05) is 5.32 Å². The van der Waals surface area contributed by atoms with E-state index in [2.05, 4.69) is 21.2 Å². The molecular formula is C27H15BrClN3O5. The number of rotatable bonds is 6. The maximum absolute atomic E-state index is 12.8. The van der Waals surface area contributed by atoms with Crippen LogP contribution in [-0.4, -0.2) is 16.8 Å². The van der Waals surface area contributed by atoms with Crippen molar-refractivity contribution in [3.63, 3.8) is 0 Å². The fourth-order valence-corrected chi connectivity index (χ4v) is 4.17. The van der Waals surface area contributed by atoms with Gasteiger partial charge in [-0.3, -0.25) is 14.9 Å². The molecule has 182 valence electrons. The first-order valence-corrected chi connectivity index (χ1v) is 11.8. The van der Waals surface area contributed by atoms with Gasteiger partial charge >= 0.3 is 5.97 Å². The van der Waals surface area contributed by atoms with E-state index in [0.717, 1.165) is 16.8 Å². The molecule has 0 aliphatic heterocycles. The number of fused-ring (bicyclic) bond motifs is 1. The van der Waals surface area contributed by atoms with Crippen LogP contribution in [-0.2, 0) is 4.79 Å². The van der Waals surface area contributed by atoms with Crippen molar-refractivity contribution in [2.24, 2.45) is 0 Å². The van der Waals surface area contributed by atoms with Gasteiger partial charge in [0.15, 0.2) is 0 Å². The Hall–Kier alpha value is -4.52. The molecule has 0 saturated carbocycles. The summed E-state index contributed by atoms with van der Waals surface area (Å²) in [5.74, 6) is -1.02. The molecule has 4 rings (SSSR count). The van der Waals surface area contributed by atoms with Crippen molar-refractivity contribution in [3.05, 3.63) is 115 Å². The highest BCUT2D eigenvalue weighted by atomic mass is 79.9. The Balaban J connectivity index is 1.52. The van der Waals surface area contributed by atoms with Gasteiger partial charge in [0.05, 0.1) is 25.7 Å².